The van der Waals surface area contributed by atoms with Crippen molar-refractivity contribution in [3.05, 3.63) is 64.2 Å². The molecule has 0 bridgehead atoms. The maximum absolute atomic E-state index is 10.5. The summed E-state index contributed by atoms with van der Waals surface area (Å²) >= 11 is 0. The zero-order valence-electron chi connectivity index (χ0n) is 12.8. The van der Waals surface area contributed by atoms with Gasteiger partial charge in [0.1, 0.15) is 5.69 Å². The molecule has 0 saturated carbocycles. The Balaban J connectivity index is 1.70. The average Bonchev–Trinajstić information content (AvgIpc) is 2.93. The Kier molecular flexibility index (Phi) is 3.92. The summed E-state index contributed by atoms with van der Waals surface area (Å²) in [5.74, 6) is 0. The third kappa shape index (κ3) is 2.72. The fraction of sp³-hybridized carbons (Fsp3) is 0.222. The third-order valence-corrected chi connectivity index (χ3v) is 4.03. The number of para-hydroxylation sites is 1. The summed E-state index contributed by atoms with van der Waals surface area (Å²) in [6.07, 6.45) is 3.03. The van der Waals surface area contributed by atoms with E-state index in [1.165, 1.54) is 22.0 Å². The predicted molar refractivity (Wildman–Crippen MR) is 91.9 cm³/mol. The summed E-state index contributed by atoms with van der Waals surface area (Å²) in [5.41, 5.74) is 6.35. The fourth-order valence-corrected chi connectivity index (χ4v) is 2.81. The number of hydrogen-bond acceptors (Lipinski definition) is 3. The van der Waals surface area contributed by atoms with Gasteiger partial charge < -0.3 is 10.3 Å². The summed E-state index contributed by atoms with van der Waals surface area (Å²) < 4.78 is 0. The number of H-pyrrole nitrogens is 1. The number of hydrogen-bond donors (Lipinski definition) is 2. The van der Waals surface area contributed by atoms with Gasteiger partial charge in [-0.2, -0.15) is 0 Å². The van der Waals surface area contributed by atoms with Crippen molar-refractivity contribution in [1.82, 2.24) is 4.98 Å². The number of benzene rings is 2. The molecule has 2 N–H and O–H groups in total. The Morgan fingerprint density at radius 3 is 2.77 bits per heavy atom. The lowest BCUT2D eigenvalue weighted by molar-refractivity contribution is 1.03. The number of fused-ring (bicyclic) bond motifs is 1. The van der Waals surface area contributed by atoms with Crippen molar-refractivity contribution in [3.63, 3.8) is 0 Å². The smallest absolute Gasteiger partial charge is 0.108 e. The van der Waals surface area contributed by atoms with Gasteiger partial charge in [0.05, 0.1) is 0 Å². The Labute approximate surface area is 129 Å². The quantitative estimate of drug-likeness (QED) is 0.661. The van der Waals surface area contributed by atoms with Gasteiger partial charge in [0.25, 0.3) is 0 Å². The van der Waals surface area contributed by atoms with Crippen LogP contribution in [0.25, 0.3) is 10.9 Å². The highest BCUT2D eigenvalue weighted by Gasteiger charge is 2.05. The molecular weight excluding hydrogens is 274 g/mol. The topological polar surface area (TPSA) is 57.2 Å². The minimum absolute atomic E-state index is 0.468. The molecule has 0 aliphatic carbocycles. The van der Waals surface area contributed by atoms with Crippen LogP contribution < -0.4 is 5.32 Å². The molecule has 0 aliphatic rings. The molecule has 0 spiro atoms. The highest BCUT2D eigenvalue weighted by Crippen LogP contribution is 2.23. The average molecular weight is 293 g/mol. The van der Waals surface area contributed by atoms with Gasteiger partial charge in [0.15, 0.2) is 0 Å². The van der Waals surface area contributed by atoms with E-state index in [1.54, 1.807) is 12.1 Å². The molecule has 1 aromatic heterocycles. The van der Waals surface area contributed by atoms with Crippen molar-refractivity contribution in [3.8, 4) is 0 Å². The van der Waals surface area contributed by atoms with Gasteiger partial charge in [0.2, 0.25) is 0 Å². The molecule has 1 heterocycles. The molecule has 4 heteroatoms. The lowest BCUT2D eigenvalue weighted by Crippen LogP contribution is -2.05. The molecule has 0 radical (unpaired) electrons. The van der Waals surface area contributed by atoms with Crippen LogP contribution >= 0.6 is 0 Å². The molecule has 112 valence electrons. The zero-order valence-corrected chi connectivity index (χ0v) is 12.8. The molecule has 0 aliphatic heterocycles. The highest BCUT2D eigenvalue weighted by molar-refractivity contribution is 5.85. The second kappa shape index (κ2) is 6.02. The van der Waals surface area contributed by atoms with Crippen molar-refractivity contribution in [1.29, 1.82) is 0 Å². The van der Waals surface area contributed by atoms with Crippen LogP contribution in [0.5, 0.6) is 0 Å². The minimum atomic E-state index is 0.468. The van der Waals surface area contributed by atoms with Crippen LogP contribution in [0.15, 0.2) is 47.8 Å². The van der Waals surface area contributed by atoms with Crippen LogP contribution in [0.3, 0.4) is 0 Å². The van der Waals surface area contributed by atoms with Crippen molar-refractivity contribution >= 4 is 22.3 Å². The first kappa shape index (κ1) is 14.3. The maximum atomic E-state index is 10.5. The molecule has 3 rings (SSSR count). The summed E-state index contributed by atoms with van der Waals surface area (Å²) in [4.78, 5) is 13.9. The monoisotopic (exact) mass is 293 g/mol. The Morgan fingerprint density at radius 2 is 2.00 bits per heavy atom. The number of rotatable bonds is 5. The van der Waals surface area contributed by atoms with Crippen molar-refractivity contribution in [2.45, 2.75) is 20.3 Å². The zero-order chi connectivity index (χ0) is 15.5. The first-order chi connectivity index (χ1) is 10.7. The van der Waals surface area contributed by atoms with Gasteiger partial charge in [-0.15, -0.1) is 4.91 Å². The van der Waals surface area contributed by atoms with Gasteiger partial charge >= 0.3 is 0 Å². The van der Waals surface area contributed by atoms with E-state index >= 15 is 0 Å². The summed E-state index contributed by atoms with van der Waals surface area (Å²) in [6, 6.07) is 11.8. The van der Waals surface area contributed by atoms with Gasteiger partial charge in [-0.05, 0) is 60.3 Å². The number of anilines is 1. The van der Waals surface area contributed by atoms with E-state index in [2.05, 4.69) is 46.8 Å². The second-order valence-electron chi connectivity index (χ2n) is 5.58. The summed E-state index contributed by atoms with van der Waals surface area (Å²) in [7, 11) is 0. The molecular formula is C18H19N3O. The second-order valence-corrected chi connectivity index (χ2v) is 5.58. The van der Waals surface area contributed by atoms with Crippen LogP contribution in [-0.4, -0.2) is 11.5 Å². The molecule has 4 nitrogen and oxygen atoms in total. The number of nitrogens with zero attached hydrogens (tertiary/aromatic N) is 1. The van der Waals surface area contributed by atoms with Crippen LogP contribution in [0.2, 0.25) is 0 Å². The van der Waals surface area contributed by atoms with Gasteiger partial charge in [-0.25, -0.2) is 0 Å². The van der Waals surface area contributed by atoms with Gasteiger partial charge in [-0.3, -0.25) is 0 Å². The standard InChI is InChI=1S/C18H19N3O/c1-12-4-3-5-16-14(11-20-18(12)16)8-9-19-17-7-6-15(21-22)10-13(17)2/h3-7,10-11,19-20H,8-9H2,1-2H3. The molecule has 3 aromatic rings. The summed E-state index contributed by atoms with van der Waals surface area (Å²) in [6.45, 7) is 4.94. The Hall–Kier alpha value is -2.62. The van der Waals surface area contributed by atoms with E-state index in [0.29, 0.717) is 5.69 Å². The van der Waals surface area contributed by atoms with E-state index in [9.17, 15) is 4.91 Å². The lowest BCUT2D eigenvalue weighted by Gasteiger charge is -2.09. The minimum Gasteiger partial charge on any atom is -0.384 e. The van der Waals surface area contributed by atoms with Crippen LogP contribution in [0, 0.1) is 18.8 Å². The number of aromatic nitrogens is 1. The maximum Gasteiger partial charge on any atom is 0.108 e. The summed E-state index contributed by atoms with van der Waals surface area (Å²) in [5, 5.41) is 7.67. The van der Waals surface area contributed by atoms with Gasteiger partial charge in [-0.1, -0.05) is 18.2 Å². The van der Waals surface area contributed by atoms with Crippen molar-refractivity contribution in [2.75, 3.05) is 11.9 Å². The van der Waals surface area contributed by atoms with Crippen molar-refractivity contribution < 1.29 is 0 Å². The highest BCUT2D eigenvalue weighted by atomic mass is 16.3. The van der Waals surface area contributed by atoms with Crippen LogP contribution in [-0.2, 0) is 6.42 Å². The normalized spacial score (nSPS) is 10.8. The Morgan fingerprint density at radius 1 is 1.14 bits per heavy atom. The molecule has 0 atom stereocenters. The fourth-order valence-electron chi connectivity index (χ4n) is 2.81. The number of nitrogens with one attached hydrogen (secondary N) is 2. The predicted octanol–water partition coefficient (Wildman–Crippen LogP) is 4.84. The SMILES string of the molecule is Cc1cc(N=O)ccc1NCCc1c[nH]c2c(C)cccc12. The van der Waals surface area contributed by atoms with E-state index in [1.807, 2.05) is 13.0 Å². The number of nitroso groups, excluding NO2 is 1. The molecule has 2 aromatic carbocycles. The van der Waals surface area contributed by atoms with Crippen molar-refractivity contribution in [2.24, 2.45) is 5.18 Å². The van der Waals surface area contributed by atoms with E-state index in [-0.39, 0.29) is 0 Å². The first-order valence-corrected chi connectivity index (χ1v) is 7.42. The number of aryl methyl sites for hydroxylation is 2. The molecule has 22 heavy (non-hydrogen) atoms. The van der Waals surface area contributed by atoms with Crippen LogP contribution in [0.4, 0.5) is 11.4 Å². The van der Waals surface area contributed by atoms with Gasteiger partial charge in [0, 0.05) is 29.3 Å². The van der Waals surface area contributed by atoms with E-state index < -0.39 is 0 Å². The molecule has 0 saturated heterocycles. The molecule has 0 amide bonds. The Bertz CT molecular complexity index is 820. The molecule has 0 fully saturated rings. The van der Waals surface area contributed by atoms with Crippen LogP contribution in [0.1, 0.15) is 16.7 Å². The van der Waals surface area contributed by atoms with E-state index in [0.717, 1.165) is 24.2 Å². The van der Waals surface area contributed by atoms with E-state index in [4.69, 9.17) is 0 Å². The first-order valence-electron chi connectivity index (χ1n) is 7.42. The molecule has 0 unspecified atom stereocenters. The largest absolute Gasteiger partial charge is 0.384 e. The lowest BCUT2D eigenvalue weighted by atomic mass is 10.1. The number of aromatic amines is 1. The third-order valence-electron chi connectivity index (χ3n) is 4.03.